The van der Waals surface area contributed by atoms with Crippen LogP contribution in [-0.2, 0) is 16.6 Å². The molecule has 0 N–H and O–H groups in total. The molecule has 3 nitrogen and oxygen atoms in total. The zero-order chi connectivity index (χ0) is 13.8. The van der Waals surface area contributed by atoms with Crippen LogP contribution in [0.25, 0.3) is 0 Å². The van der Waals surface area contributed by atoms with Crippen LogP contribution < -0.4 is 4.74 Å². The van der Waals surface area contributed by atoms with Crippen molar-refractivity contribution in [2.45, 2.75) is 10.6 Å². The summed E-state index contributed by atoms with van der Waals surface area (Å²) >= 11 is 11.8. The number of nitrogens with zero attached hydrogens (tertiary/aromatic N) is 1. The molecule has 0 saturated carbocycles. The minimum atomic E-state index is -1.21. The van der Waals surface area contributed by atoms with Gasteiger partial charge in [-0.15, -0.1) is 0 Å². The average molecular weight is 316 g/mol. The number of ether oxygens (including phenoxy) is 1. The van der Waals surface area contributed by atoms with Gasteiger partial charge in [0, 0.05) is 11.1 Å². The van der Waals surface area contributed by atoms with Crippen molar-refractivity contribution < 1.29 is 8.95 Å². The van der Waals surface area contributed by atoms with E-state index in [1.54, 1.807) is 37.4 Å². The second kappa shape index (κ2) is 6.37. The summed E-state index contributed by atoms with van der Waals surface area (Å²) in [4.78, 5) is 4.80. The van der Waals surface area contributed by atoms with Crippen LogP contribution in [0.5, 0.6) is 5.75 Å². The van der Waals surface area contributed by atoms with E-state index in [0.29, 0.717) is 20.6 Å². The Hall–Kier alpha value is -1.10. The largest absolute Gasteiger partial charge is 0.497 e. The molecule has 0 amide bonds. The number of hydrogen-bond donors (Lipinski definition) is 0. The van der Waals surface area contributed by atoms with Gasteiger partial charge < -0.3 is 4.74 Å². The lowest BCUT2D eigenvalue weighted by atomic mass is 10.3. The lowest BCUT2D eigenvalue weighted by Gasteiger charge is -2.05. The molecule has 0 bridgehead atoms. The minimum Gasteiger partial charge on any atom is -0.497 e. The Labute approximate surface area is 124 Å². The van der Waals surface area contributed by atoms with Crippen molar-refractivity contribution in [3.63, 3.8) is 0 Å². The predicted octanol–water partition coefficient (Wildman–Crippen LogP) is 3.70. The molecule has 0 aliphatic heterocycles. The van der Waals surface area contributed by atoms with Crippen molar-refractivity contribution in [1.29, 1.82) is 0 Å². The topological polar surface area (TPSA) is 39.2 Å². The summed E-state index contributed by atoms with van der Waals surface area (Å²) in [6, 6.07) is 8.66. The maximum absolute atomic E-state index is 12.2. The van der Waals surface area contributed by atoms with Gasteiger partial charge in [0.2, 0.25) is 0 Å². The highest BCUT2D eigenvalue weighted by Crippen LogP contribution is 2.22. The van der Waals surface area contributed by atoms with E-state index in [0.717, 1.165) is 5.75 Å². The summed E-state index contributed by atoms with van der Waals surface area (Å²) < 4.78 is 17.2. The van der Waals surface area contributed by atoms with Crippen LogP contribution in [0.2, 0.25) is 10.0 Å². The van der Waals surface area contributed by atoms with E-state index in [4.69, 9.17) is 27.9 Å². The van der Waals surface area contributed by atoms with Crippen LogP contribution >= 0.6 is 23.2 Å². The van der Waals surface area contributed by atoms with E-state index < -0.39 is 10.8 Å². The Morgan fingerprint density at radius 1 is 1.26 bits per heavy atom. The molecular weight excluding hydrogens is 305 g/mol. The first-order chi connectivity index (χ1) is 9.10. The molecule has 1 heterocycles. The fraction of sp³-hybridized carbons (Fsp3) is 0.154. The lowest BCUT2D eigenvalue weighted by Crippen LogP contribution is -1.99. The Morgan fingerprint density at radius 2 is 1.95 bits per heavy atom. The van der Waals surface area contributed by atoms with Crippen LogP contribution in [0.4, 0.5) is 0 Å². The summed E-state index contributed by atoms with van der Waals surface area (Å²) in [5.41, 5.74) is 0.570. The van der Waals surface area contributed by atoms with Crippen molar-refractivity contribution in [3.05, 3.63) is 52.3 Å². The number of rotatable bonds is 4. The molecule has 0 saturated heterocycles. The SMILES string of the molecule is COc1ccc(S(=O)Cc2ncc(Cl)cc2Cl)cc1. The third-order valence-electron chi connectivity index (χ3n) is 2.47. The highest BCUT2D eigenvalue weighted by Gasteiger charge is 2.10. The predicted molar refractivity (Wildman–Crippen MR) is 77.4 cm³/mol. The molecule has 1 aromatic carbocycles. The Balaban J connectivity index is 2.15. The third kappa shape index (κ3) is 3.69. The van der Waals surface area contributed by atoms with Gasteiger partial charge in [0.1, 0.15) is 5.75 Å². The van der Waals surface area contributed by atoms with Crippen molar-refractivity contribution in [3.8, 4) is 5.75 Å². The van der Waals surface area contributed by atoms with E-state index >= 15 is 0 Å². The summed E-state index contributed by atoms with van der Waals surface area (Å²) in [6.45, 7) is 0. The van der Waals surface area contributed by atoms with E-state index in [9.17, 15) is 4.21 Å². The number of benzene rings is 1. The fourth-order valence-corrected chi connectivity index (χ4v) is 3.09. The number of aromatic nitrogens is 1. The van der Waals surface area contributed by atoms with Gasteiger partial charge in [0.25, 0.3) is 0 Å². The molecule has 0 fully saturated rings. The Kier molecular flexibility index (Phi) is 4.80. The molecule has 2 aromatic rings. The van der Waals surface area contributed by atoms with Crippen molar-refractivity contribution in [2.24, 2.45) is 0 Å². The van der Waals surface area contributed by atoms with E-state index in [-0.39, 0.29) is 5.75 Å². The molecule has 1 aromatic heterocycles. The average Bonchev–Trinajstić information content (AvgIpc) is 2.42. The number of methoxy groups -OCH3 is 1. The van der Waals surface area contributed by atoms with E-state index in [1.807, 2.05) is 0 Å². The standard InChI is InChI=1S/C13H11Cl2NO2S/c1-18-10-2-4-11(5-3-10)19(17)8-13-12(15)6-9(14)7-16-13/h2-7H,8H2,1H3. The normalized spacial score (nSPS) is 12.2. The van der Waals surface area contributed by atoms with Gasteiger partial charge in [-0.2, -0.15) is 0 Å². The molecule has 19 heavy (non-hydrogen) atoms. The molecular formula is C13H11Cl2NO2S. The second-order valence-corrected chi connectivity index (χ2v) is 6.04. The number of pyridine rings is 1. The van der Waals surface area contributed by atoms with E-state index in [2.05, 4.69) is 4.98 Å². The molecule has 0 aliphatic rings. The Morgan fingerprint density at radius 3 is 2.53 bits per heavy atom. The first-order valence-corrected chi connectivity index (χ1v) is 7.50. The third-order valence-corrected chi connectivity index (χ3v) is 4.34. The van der Waals surface area contributed by atoms with Gasteiger partial charge in [-0.1, -0.05) is 23.2 Å². The van der Waals surface area contributed by atoms with Crippen LogP contribution in [0.1, 0.15) is 5.69 Å². The van der Waals surface area contributed by atoms with Gasteiger partial charge in [-0.05, 0) is 30.3 Å². The monoisotopic (exact) mass is 315 g/mol. The first-order valence-electron chi connectivity index (χ1n) is 5.42. The Bertz CT molecular complexity index is 602. The fourth-order valence-electron chi connectivity index (χ4n) is 1.48. The van der Waals surface area contributed by atoms with Crippen LogP contribution in [0.15, 0.2) is 41.4 Å². The van der Waals surface area contributed by atoms with Gasteiger partial charge >= 0.3 is 0 Å². The summed E-state index contributed by atoms with van der Waals surface area (Å²) in [7, 11) is 0.380. The smallest absolute Gasteiger partial charge is 0.118 e. The number of halogens is 2. The molecule has 1 atom stereocenters. The molecule has 2 rings (SSSR count). The summed E-state index contributed by atoms with van der Waals surface area (Å²) in [6.07, 6.45) is 1.49. The van der Waals surface area contributed by atoms with Crippen molar-refractivity contribution >= 4 is 34.0 Å². The van der Waals surface area contributed by atoms with Gasteiger partial charge in [-0.3, -0.25) is 9.19 Å². The highest BCUT2D eigenvalue weighted by atomic mass is 35.5. The van der Waals surface area contributed by atoms with Crippen LogP contribution in [0.3, 0.4) is 0 Å². The maximum Gasteiger partial charge on any atom is 0.118 e. The number of hydrogen-bond acceptors (Lipinski definition) is 3. The second-order valence-electron chi connectivity index (χ2n) is 3.75. The highest BCUT2D eigenvalue weighted by molar-refractivity contribution is 7.84. The molecule has 100 valence electrons. The molecule has 0 radical (unpaired) electrons. The zero-order valence-corrected chi connectivity index (χ0v) is 12.4. The lowest BCUT2D eigenvalue weighted by molar-refractivity contribution is 0.414. The van der Waals surface area contributed by atoms with Gasteiger partial charge in [-0.25, -0.2) is 0 Å². The maximum atomic E-state index is 12.2. The summed E-state index contributed by atoms with van der Waals surface area (Å²) in [5.74, 6) is 0.978. The minimum absolute atomic E-state index is 0.252. The molecule has 1 unspecified atom stereocenters. The van der Waals surface area contributed by atoms with Crippen LogP contribution in [-0.4, -0.2) is 16.3 Å². The van der Waals surface area contributed by atoms with Crippen molar-refractivity contribution in [1.82, 2.24) is 4.98 Å². The van der Waals surface area contributed by atoms with Crippen molar-refractivity contribution in [2.75, 3.05) is 7.11 Å². The van der Waals surface area contributed by atoms with E-state index in [1.165, 1.54) is 6.20 Å². The molecule has 0 aliphatic carbocycles. The first kappa shape index (κ1) is 14.3. The molecule has 0 spiro atoms. The van der Waals surface area contributed by atoms with Crippen LogP contribution in [0, 0.1) is 0 Å². The van der Waals surface area contributed by atoms with Gasteiger partial charge in [0.15, 0.2) is 0 Å². The quantitative estimate of drug-likeness (QED) is 0.863. The molecule has 6 heteroatoms. The zero-order valence-electron chi connectivity index (χ0n) is 10.1. The van der Waals surface area contributed by atoms with Gasteiger partial charge in [0.05, 0.1) is 39.4 Å². The summed E-state index contributed by atoms with van der Waals surface area (Å²) in [5, 5.41) is 0.887.